The van der Waals surface area contributed by atoms with Crippen LogP contribution in [0.4, 0.5) is 0 Å². The van der Waals surface area contributed by atoms with Crippen molar-refractivity contribution in [1.82, 2.24) is 10.3 Å². The Morgan fingerprint density at radius 1 is 1.00 bits per heavy atom. The van der Waals surface area contributed by atoms with E-state index in [2.05, 4.69) is 10.3 Å². The highest BCUT2D eigenvalue weighted by Crippen LogP contribution is 2.32. The second-order valence-corrected chi connectivity index (χ2v) is 7.30. The molecule has 1 amide bonds. The lowest BCUT2D eigenvalue weighted by Crippen LogP contribution is -2.50. The Bertz CT molecular complexity index is 937. The fourth-order valence-electron chi connectivity index (χ4n) is 3.24. The average molecular weight is 409 g/mol. The summed E-state index contributed by atoms with van der Waals surface area (Å²) in [5, 5.41) is 12.7. The van der Waals surface area contributed by atoms with Crippen LogP contribution in [0.25, 0.3) is 0 Å². The van der Waals surface area contributed by atoms with Gasteiger partial charge in [-0.05, 0) is 29.7 Å². The van der Waals surface area contributed by atoms with E-state index in [9.17, 15) is 14.7 Å². The highest BCUT2D eigenvalue weighted by Gasteiger charge is 2.38. The molecular weight excluding hydrogens is 388 g/mol. The monoisotopic (exact) mass is 408 g/mol. The Balaban J connectivity index is 1.92. The third-order valence-electron chi connectivity index (χ3n) is 4.99. The average Bonchev–Trinajstić information content (AvgIpc) is 2.75. The minimum atomic E-state index is -1.11. The van der Waals surface area contributed by atoms with Crippen LogP contribution in [0.1, 0.15) is 23.6 Å². The molecule has 0 bridgehead atoms. The summed E-state index contributed by atoms with van der Waals surface area (Å²) in [6.45, 7) is 1.80. The van der Waals surface area contributed by atoms with Gasteiger partial charge in [0.15, 0.2) is 0 Å². The SMILES string of the molecule is CC(C(=O)N[C@@H](Cc1ccc(Cl)nc1)C(=O)O)(c1ccccc1)c1ccccc1. The van der Waals surface area contributed by atoms with Crippen molar-refractivity contribution in [1.29, 1.82) is 0 Å². The van der Waals surface area contributed by atoms with Gasteiger partial charge in [-0.3, -0.25) is 4.79 Å². The van der Waals surface area contributed by atoms with Crippen LogP contribution in [-0.4, -0.2) is 28.0 Å². The minimum Gasteiger partial charge on any atom is -0.480 e. The zero-order valence-electron chi connectivity index (χ0n) is 15.9. The number of nitrogens with one attached hydrogen (secondary N) is 1. The van der Waals surface area contributed by atoms with Crippen molar-refractivity contribution in [2.24, 2.45) is 0 Å². The molecule has 0 spiro atoms. The third kappa shape index (κ3) is 4.63. The summed E-state index contributed by atoms with van der Waals surface area (Å²) in [6.07, 6.45) is 1.61. The Labute approximate surface area is 174 Å². The number of amides is 1. The summed E-state index contributed by atoms with van der Waals surface area (Å²) in [4.78, 5) is 29.2. The van der Waals surface area contributed by atoms with Gasteiger partial charge in [0.1, 0.15) is 11.2 Å². The van der Waals surface area contributed by atoms with E-state index >= 15 is 0 Å². The number of rotatable bonds is 7. The normalized spacial score (nSPS) is 12.2. The van der Waals surface area contributed by atoms with E-state index in [1.165, 1.54) is 6.20 Å². The Hall–Kier alpha value is -3.18. The smallest absolute Gasteiger partial charge is 0.326 e. The van der Waals surface area contributed by atoms with Crippen LogP contribution in [0.5, 0.6) is 0 Å². The summed E-state index contributed by atoms with van der Waals surface area (Å²) in [5.41, 5.74) is 1.18. The predicted molar refractivity (Wildman–Crippen MR) is 112 cm³/mol. The fraction of sp³-hybridized carbons (Fsp3) is 0.174. The van der Waals surface area contributed by atoms with E-state index in [0.717, 1.165) is 11.1 Å². The zero-order valence-corrected chi connectivity index (χ0v) is 16.6. The summed E-state index contributed by atoms with van der Waals surface area (Å²) in [7, 11) is 0. The number of benzene rings is 2. The number of hydrogen-bond acceptors (Lipinski definition) is 3. The lowest BCUT2D eigenvalue weighted by atomic mass is 9.75. The maximum absolute atomic E-state index is 13.4. The van der Waals surface area contributed by atoms with Gasteiger partial charge in [0.2, 0.25) is 5.91 Å². The molecule has 1 atom stereocenters. The fourth-order valence-corrected chi connectivity index (χ4v) is 3.35. The highest BCUT2D eigenvalue weighted by atomic mass is 35.5. The van der Waals surface area contributed by atoms with E-state index in [-0.39, 0.29) is 12.3 Å². The summed E-state index contributed by atoms with van der Waals surface area (Å²) >= 11 is 5.79. The molecule has 1 aromatic heterocycles. The number of carboxylic acids is 1. The molecule has 0 aliphatic heterocycles. The van der Waals surface area contributed by atoms with E-state index in [1.54, 1.807) is 19.1 Å². The standard InChI is InChI=1S/C23H21ClN2O3/c1-23(17-8-4-2-5-9-17,18-10-6-3-7-11-18)22(29)26-19(21(27)28)14-16-12-13-20(24)25-15-16/h2-13,15,19H,14H2,1H3,(H,26,29)(H,27,28)/t19-/m0/s1. The molecule has 0 aliphatic carbocycles. The first-order valence-electron chi connectivity index (χ1n) is 9.16. The Morgan fingerprint density at radius 3 is 2.00 bits per heavy atom. The number of pyridine rings is 1. The highest BCUT2D eigenvalue weighted by molar-refractivity contribution is 6.29. The number of aromatic nitrogens is 1. The maximum atomic E-state index is 13.4. The quantitative estimate of drug-likeness (QED) is 0.582. The van der Waals surface area contributed by atoms with E-state index in [0.29, 0.717) is 10.7 Å². The molecule has 0 aliphatic rings. The van der Waals surface area contributed by atoms with Gasteiger partial charge in [0, 0.05) is 12.6 Å². The van der Waals surface area contributed by atoms with Crippen LogP contribution >= 0.6 is 11.6 Å². The van der Waals surface area contributed by atoms with Crippen molar-refractivity contribution in [3.05, 3.63) is 101 Å². The van der Waals surface area contributed by atoms with Gasteiger partial charge in [-0.2, -0.15) is 0 Å². The lowest BCUT2D eigenvalue weighted by Gasteiger charge is -2.31. The number of aliphatic carboxylic acids is 1. The molecule has 0 saturated carbocycles. The van der Waals surface area contributed by atoms with Crippen LogP contribution < -0.4 is 5.32 Å². The molecule has 0 saturated heterocycles. The number of carbonyl (C=O) groups excluding carboxylic acids is 1. The van der Waals surface area contributed by atoms with Gasteiger partial charge in [-0.1, -0.05) is 78.3 Å². The van der Waals surface area contributed by atoms with Crippen molar-refractivity contribution in [3.63, 3.8) is 0 Å². The number of carbonyl (C=O) groups is 2. The number of halogens is 1. The van der Waals surface area contributed by atoms with Gasteiger partial charge in [-0.25, -0.2) is 9.78 Å². The van der Waals surface area contributed by atoms with Gasteiger partial charge in [0.25, 0.3) is 0 Å². The van der Waals surface area contributed by atoms with Crippen LogP contribution in [0.3, 0.4) is 0 Å². The second kappa shape index (κ2) is 8.88. The molecule has 0 radical (unpaired) electrons. The van der Waals surface area contributed by atoms with Gasteiger partial charge >= 0.3 is 5.97 Å². The summed E-state index contributed by atoms with van der Waals surface area (Å²) in [5.74, 6) is -1.50. The first-order valence-corrected chi connectivity index (χ1v) is 9.54. The number of hydrogen-bond donors (Lipinski definition) is 2. The minimum absolute atomic E-state index is 0.102. The van der Waals surface area contributed by atoms with Gasteiger partial charge in [-0.15, -0.1) is 0 Å². The molecule has 6 heteroatoms. The Morgan fingerprint density at radius 2 is 1.55 bits per heavy atom. The second-order valence-electron chi connectivity index (χ2n) is 6.91. The molecule has 2 aromatic carbocycles. The van der Waals surface area contributed by atoms with Gasteiger partial charge < -0.3 is 10.4 Å². The van der Waals surface area contributed by atoms with Crippen molar-refractivity contribution < 1.29 is 14.7 Å². The summed E-state index contributed by atoms with van der Waals surface area (Å²) < 4.78 is 0. The van der Waals surface area contributed by atoms with Crippen LogP contribution in [0.2, 0.25) is 5.15 Å². The van der Waals surface area contributed by atoms with Crippen molar-refractivity contribution in [2.75, 3.05) is 0 Å². The zero-order chi connectivity index (χ0) is 20.9. The first-order chi connectivity index (χ1) is 13.9. The van der Waals surface area contributed by atoms with Crippen LogP contribution in [0, 0.1) is 0 Å². The Kier molecular flexibility index (Phi) is 6.29. The van der Waals surface area contributed by atoms with Crippen LogP contribution in [0.15, 0.2) is 79.0 Å². The number of nitrogens with zero attached hydrogens (tertiary/aromatic N) is 1. The molecule has 0 unspecified atom stereocenters. The largest absolute Gasteiger partial charge is 0.480 e. The maximum Gasteiger partial charge on any atom is 0.326 e. The van der Waals surface area contributed by atoms with E-state index < -0.39 is 17.4 Å². The molecule has 5 nitrogen and oxygen atoms in total. The topological polar surface area (TPSA) is 79.3 Å². The first kappa shape index (κ1) is 20.6. The van der Waals surface area contributed by atoms with Crippen LogP contribution in [-0.2, 0) is 21.4 Å². The number of carboxylic acid groups (broad SMARTS) is 1. The summed E-state index contributed by atoms with van der Waals surface area (Å²) in [6, 6.07) is 20.8. The molecule has 29 heavy (non-hydrogen) atoms. The molecule has 2 N–H and O–H groups in total. The van der Waals surface area contributed by atoms with E-state index in [1.807, 2.05) is 60.7 Å². The van der Waals surface area contributed by atoms with Crippen molar-refractivity contribution in [2.45, 2.75) is 24.8 Å². The predicted octanol–water partition coefficient (Wildman–Crippen LogP) is 3.85. The molecule has 3 rings (SSSR count). The molecule has 148 valence electrons. The van der Waals surface area contributed by atoms with Crippen molar-refractivity contribution in [3.8, 4) is 0 Å². The molecule has 0 fully saturated rings. The molecule has 1 heterocycles. The lowest BCUT2D eigenvalue weighted by molar-refractivity contribution is -0.142. The van der Waals surface area contributed by atoms with E-state index in [4.69, 9.17) is 11.6 Å². The third-order valence-corrected chi connectivity index (χ3v) is 5.21. The van der Waals surface area contributed by atoms with Gasteiger partial charge in [0.05, 0.1) is 5.41 Å². The van der Waals surface area contributed by atoms with Crippen molar-refractivity contribution >= 4 is 23.5 Å². The molecule has 3 aromatic rings. The molecular formula is C23H21ClN2O3.